The van der Waals surface area contributed by atoms with Gasteiger partial charge in [0.2, 0.25) is 12.7 Å². The molecule has 2 aliphatic rings. The maximum Gasteiger partial charge on any atom is 0.231 e. The van der Waals surface area contributed by atoms with Crippen molar-refractivity contribution in [2.75, 3.05) is 12.1 Å². The van der Waals surface area contributed by atoms with Crippen molar-refractivity contribution in [1.82, 2.24) is 0 Å². The number of fused-ring (bicyclic) bond motifs is 2. The van der Waals surface area contributed by atoms with Crippen LogP contribution in [0.3, 0.4) is 0 Å². The van der Waals surface area contributed by atoms with E-state index in [9.17, 15) is 4.79 Å². The lowest BCUT2D eigenvalue weighted by molar-refractivity contribution is -0.116. The predicted octanol–water partition coefficient (Wildman–Crippen LogP) is 5.27. The summed E-state index contributed by atoms with van der Waals surface area (Å²) in [5.74, 6) is 1.53. The minimum atomic E-state index is 0.0132. The maximum atomic E-state index is 12.4. The lowest BCUT2D eigenvalue weighted by Crippen LogP contribution is -2.22. The highest BCUT2D eigenvalue weighted by Gasteiger charge is 2.31. The molecule has 2 aliphatic heterocycles. The molecule has 1 atom stereocenters. The molecule has 2 aromatic carbocycles. The number of anilines is 1. The molecular weight excluding hydrogens is 370 g/mol. The van der Waals surface area contributed by atoms with Crippen molar-refractivity contribution in [2.24, 2.45) is 0 Å². The normalized spacial score (nSPS) is 17.7. The van der Waals surface area contributed by atoms with Crippen molar-refractivity contribution >= 4 is 34.5 Å². The van der Waals surface area contributed by atoms with Crippen LogP contribution in [0.15, 0.2) is 47.8 Å². The minimum Gasteiger partial charge on any atom is -0.454 e. The molecule has 0 bridgehead atoms. The molecule has 0 aliphatic carbocycles. The first kappa shape index (κ1) is 15.7. The van der Waals surface area contributed by atoms with Gasteiger partial charge in [0.05, 0.1) is 5.69 Å². The number of rotatable bonds is 2. The quantitative estimate of drug-likeness (QED) is 0.655. The lowest BCUT2D eigenvalue weighted by Gasteiger charge is -2.24. The van der Waals surface area contributed by atoms with Gasteiger partial charge in [-0.1, -0.05) is 29.8 Å². The highest BCUT2D eigenvalue weighted by atomic mass is 35.5. The first-order valence-electron chi connectivity index (χ1n) is 8.26. The molecule has 26 heavy (non-hydrogen) atoms. The Morgan fingerprint density at radius 3 is 2.73 bits per heavy atom. The topological polar surface area (TPSA) is 47.6 Å². The van der Waals surface area contributed by atoms with Crippen LogP contribution in [0.25, 0.3) is 11.1 Å². The van der Waals surface area contributed by atoms with Gasteiger partial charge >= 0.3 is 0 Å². The van der Waals surface area contributed by atoms with E-state index in [0.717, 1.165) is 38.8 Å². The van der Waals surface area contributed by atoms with Crippen LogP contribution in [-0.2, 0) is 4.79 Å². The molecule has 3 aromatic rings. The van der Waals surface area contributed by atoms with E-state index in [2.05, 4.69) is 10.7 Å². The van der Waals surface area contributed by atoms with E-state index >= 15 is 0 Å². The van der Waals surface area contributed by atoms with E-state index < -0.39 is 0 Å². The Morgan fingerprint density at radius 1 is 1.08 bits per heavy atom. The van der Waals surface area contributed by atoms with Crippen molar-refractivity contribution in [3.8, 4) is 22.6 Å². The van der Waals surface area contributed by atoms with Crippen molar-refractivity contribution in [1.29, 1.82) is 0 Å². The molecule has 4 nitrogen and oxygen atoms in total. The van der Waals surface area contributed by atoms with Crippen LogP contribution in [0.1, 0.15) is 22.8 Å². The number of hydrogen-bond donors (Lipinski definition) is 1. The van der Waals surface area contributed by atoms with Crippen LogP contribution in [0.5, 0.6) is 11.5 Å². The van der Waals surface area contributed by atoms with Crippen molar-refractivity contribution in [2.45, 2.75) is 12.3 Å². The molecule has 1 aromatic heterocycles. The van der Waals surface area contributed by atoms with Gasteiger partial charge in [0.15, 0.2) is 11.5 Å². The summed E-state index contributed by atoms with van der Waals surface area (Å²) in [6.07, 6.45) is 0.424. The van der Waals surface area contributed by atoms with Crippen LogP contribution >= 0.6 is 22.9 Å². The van der Waals surface area contributed by atoms with E-state index in [0.29, 0.717) is 11.4 Å². The van der Waals surface area contributed by atoms with Crippen LogP contribution in [0.2, 0.25) is 5.02 Å². The second-order valence-corrected chi connectivity index (χ2v) is 7.66. The summed E-state index contributed by atoms with van der Waals surface area (Å²) in [7, 11) is 0. The van der Waals surface area contributed by atoms with Gasteiger partial charge in [-0.15, -0.1) is 11.3 Å². The molecule has 5 rings (SSSR count). The zero-order valence-corrected chi connectivity index (χ0v) is 15.2. The third-order valence-corrected chi connectivity index (χ3v) is 6.09. The number of amides is 1. The lowest BCUT2D eigenvalue weighted by atomic mass is 9.89. The first-order valence-corrected chi connectivity index (χ1v) is 9.51. The van der Waals surface area contributed by atoms with Gasteiger partial charge in [-0.2, -0.15) is 0 Å². The van der Waals surface area contributed by atoms with E-state index in [4.69, 9.17) is 21.1 Å². The number of ether oxygens (including phenoxy) is 2. The van der Waals surface area contributed by atoms with E-state index in [-0.39, 0.29) is 18.6 Å². The summed E-state index contributed by atoms with van der Waals surface area (Å²) in [5, 5.41) is 5.85. The van der Waals surface area contributed by atoms with Gasteiger partial charge in [-0.3, -0.25) is 4.79 Å². The van der Waals surface area contributed by atoms with E-state index in [1.807, 2.05) is 42.5 Å². The summed E-state index contributed by atoms with van der Waals surface area (Å²) in [6.45, 7) is 0.245. The van der Waals surface area contributed by atoms with Crippen LogP contribution in [0, 0.1) is 0 Å². The molecule has 0 fully saturated rings. The van der Waals surface area contributed by atoms with Crippen LogP contribution < -0.4 is 14.8 Å². The average molecular weight is 384 g/mol. The Bertz CT molecular complexity index is 1010. The highest BCUT2D eigenvalue weighted by Crippen LogP contribution is 2.48. The highest BCUT2D eigenvalue weighted by molar-refractivity contribution is 7.11. The molecular formula is C20H14ClNO3S. The standard InChI is InChI=1S/C20H14ClNO3S/c21-13-4-1-11(2-5-13)15-9-26-20-14(8-18(23)22-19(15)20)12-3-6-16-17(7-12)25-10-24-16/h1-7,9,14H,8,10H2,(H,22,23)/t14-/m1/s1. The average Bonchev–Trinajstić information content (AvgIpc) is 3.27. The minimum absolute atomic E-state index is 0.0132. The zero-order chi connectivity index (χ0) is 17.7. The molecule has 6 heteroatoms. The monoisotopic (exact) mass is 383 g/mol. The summed E-state index contributed by atoms with van der Waals surface area (Å²) >= 11 is 7.67. The van der Waals surface area contributed by atoms with Crippen molar-refractivity contribution in [3.05, 3.63) is 63.3 Å². The fourth-order valence-electron chi connectivity index (χ4n) is 3.47. The summed E-state index contributed by atoms with van der Waals surface area (Å²) in [6, 6.07) is 13.6. The summed E-state index contributed by atoms with van der Waals surface area (Å²) < 4.78 is 10.9. The van der Waals surface area contributed by atoms with Gasteiger partial charge < -0.3 is 14.8 Å². The zero-order valence-electron chi connectivity index (χ0n) is 13.6. The SMILES string of the molecule is O=C1C[C@H](c2ccc3c(c2)OCO3)c2scc(-c3ccc(Cl)cc3)c2N1. The molecule has 0 saturated carbocycles. The molecule has 130 valence electrons. The maximum absolute atomic E-state index is 12.4. The molecule has 3 heterocycles. The number of hydrogen-bond acceptors (Lipinski definition) is 4. The number of carbonyl (C=O) groups is 1. The predicted molar refractivity (Wildman–Crippen MR) is 102 cm³/mol. The third kappa shape index (κ3) is 2.55. The molecule has 1 amide bonds. The number of halogens is 1. The fraction of sp³-hybridized carbons (Fsp3) is 0.150. The first-order chi connectivity index (χ1) is 12.7. The Morgan fingerprint density at radius 2 is 1.88 bits per heavy atom. The van der Waals surface area contributed by atoms with E-state index in [1.165, 1.54) is 0 Å². The number of nitrogens with one attached hydrogen (secondary N) is 1. The van der Waals surface area contributed by atoms with E-state index in [1.54, 1.807) is 11.3 Å². The molecule has 1 N–H and O–H groups in total. The summed E-state index contributed by atoms with van der Waals surface area (Å²) in [5.41, 5.74) is 4.03. The molecule has 0 spiro atoms. The van der Waals surface area contributed by atoms with Crippen molar-refractivity contribution in [3.63, 3.8) is 0 Å². The Labute approximate surface area is 159 Å². The summed E-state index contributed by atoms with van der Waals surface area (Å²) in [4.78, 5) is 13.6. The fourth-order valence-corrected chi connectivity index (χ4v) is 4.76. The van der Waals surface area contributed by atoms with Crippen LogP contribution in [-0.4, -0.2) is 12.7 Å². The third-order valence-electron chi connectivity index (χ3n) is 4.74. The Hall–Kier alpha value is -2.50. The number of thiophene rings is 1. The molecule has 0 unspecified atom stereocenters. The Kier molecular flexibility index (Phi) is 3.65. The van der Waals surface area contributed by atoms with Gasteiger partial charge in [-0.25, -0.2) is 0 Å². The second kappa shape index (κ2) is 6.04. The van der Waals surface area contributed by atoms with Crippen LogP contribution in [0.4, 0.5) is 5.69 Å². The van der Waals surface area contributed by atoms with Gasteiger partial charge in [0.25, 0.3) is 0 Å². The second-order valence-electron chi connectivity index (χ2n) is 6.31. The van der Waals surface area contributed by atoms with Gasteiger partial charge in [-0.05, 0) is 35.4 Å². The smallest absolute Gasteiger partial charge is 0.231 e. The molecule has 0 radical (unpaired) electrons. The van der Waals surface area contributed by atoms with Gasteiger partial charge in [0, 0.05) is 33.2 Å². The molecule has 0 saturated heterocycles. The van der Waals surface area contributed by atoms with Crippen molar-refractivity contribution < 1.29 is 14.3 Å². The number of carbonyl (C=O) groups excluding carboxylic acids is 1. The largest absolute Gasteiger partial charge is 0.454 e. The Balaban J connectivity index is 1.59. The van der Waals surface area contributed by atoms with Gasteiger partial charge in [0.1, 0.15) is 0 Å². The number of benzene rings is 2.